The molecule has 1 saturated carbocycles. The predicted octanol–water partition coefficient (Wildman–Crippen LogP) is 2.64. The summed E-state index contributed by atoms with van der Waals surface area (Å²) in [5.74, 6) is -0.409. The maximum absolute atomic E-state index is 11.9. The van der Waals surface area contributed by atoms with Crippen LogP contribution in [0.25, 0.3) is 6.08 Å². The maximum atomic E-state index is 11.9. The van der Waals surface area contributed by atoms with Gasteiger partial charge < -0.3 is 4.79 Å². The van der Waals surface area contributed by atoms with E-state index in [2.05, 4.69) is 0 Å². The number of hydrogen-bond donors (Lipinski definition) is 0. The van der Waals surface area contributed by atoms with Crippen LogP contribution >= 0.6 is 0 Å². The Hall–Kier alpha value is -1.70. The van der Waals surface area contributed by atoms with Gasteiger partial charge in [0.15, 0.2) is 5.78 Å². The summed E-state index contributed by atoms with van der Waals surface area (Å²) in [5.41, 5.74) is 1.81. The molecule has 2 nitrogen and oxygen atoms in total. The molecule has 1 aromatic rings. The number of rotatable bonds is 2. The molecule has 82 valence electrons. The van der Waals surface area contributed by atoms with E-state index in [0.29, 0.717) is 6.42 Å². The highest BCUT2D eigenvalue weighted by Crippen LogP contribution is 2.25. The third-order valence-corrected chi connectivity index (χ3v) is 2.92. The highest BCUT2D eigenvalue weighted by Gasteiger charge is 2.25. The van der Waals surface area contributed by atoms with Gasteiger partial charge in [-0.15, -0.1) is 0 Å². The summed E-state index contributed by atoms with van der Waals surface area (Å²) in [5, 5.41) is 0. The van der Waals surface area contributed by atoms with Crippen molar-refractivity contribution in [3.8, 4) is 0 Å². The average molecular weight is 214 g/mol. The van der Waals surface area contributed by atoms with Crippen LogP contribution in [0.3, 0.4) is 0 Å². The monoisotopic (exact) mass is 214 g/mol. The van der Waals surface area contributed by atoms with Gasteiger partial charge in [0.2, 0.25) is 0 Å². The molecule has 0 bridgehead atoms. The number of ketones is 1. The van der Waals surface area contributed by atoms with Gasteiger partial charge in [0, 0.05) is 0 Å². The molecule has 1 fully saturated rings. The van der Waals surface area contributed by atoms with Crippen LogP contribution in [0, 0.1) is 5.92 Å². The third-order valence-electron chi connectivity index (χ3n) is 2.92. The molecule has 0 radical (unpaired) electrons. The van der Waals surface area contributed by atoms with Crippen molar-refractivity contribution in [2.75, 3.05) is 0 Å². The summed E-state index contributed by atoms with van der Waals surface area (Å²) in [7, 11) is 0. The van der Waals surface area contributed by atoms with Crippen molar-refractivity contribution in [2.24, 2.45) is 5.92 Å². The number of hydrogen-bond acceptors (Lipinski definition) is 2. The van der Waals surface area contributed by atoms with E-state index in [1.54, 1.807) is 0 Å². The average Bonchev–Trinajstić information content (AvgIpc) is 2.33. The molecule has 0 aliphatic heterocycles. The first-order valence-electron chi connectivity index (χ1n) is 5.56. The molecule has 1 aliphatic rings. The van der Waals surface area contributed by atoms with Crippen molar-refractivity contribution in [3.63, 3.8) is 0 Å². The van der Waals surface area contributed by atoms with Gasteiger partial charge in [0.05, 0.1) is 5.92 Å². The van der Waals surface area contributed by atoms with E-state index in [1.807, 2.05) is 36.4 Å². The summed E-state index contributed by atoms with van der Waals surface area (Å²) in [6.45, 7) is 0. The van der Waals surface area contributed by atoms with E-state index in [9.17, 15) is 9.59 Å². The molecule has 1 unspecified atom stereocenters. The van der Waals surface area contributed by atoms with Crippen molar-refractivity contribution in [2.45, 2.75) is 19.3 Å². The lowest BCUT2D eigenvalue weighted by atomic mass is 9.84. The molecule has 0 saturated heterocycles. The quantitative estimate of drug-likeness (QED) is 0.431. The summed E-state index contributed by atoms with van der Waals surface area (Å²) < 4.78 is 0. The molecule has 0 N–H and O–H groups in total. The molecule has 2 heteroatoms. The van der Waals surface area contributed by atoms with Crippen molar-refractivity contribution in [1.29, 1.82) is 0 Å². The number of carbonyl (C=O) groups is 2. The first kappa shape index (κ1) is 10.8. The van der Waals surface area contributed by atoms with Gasteiger partial charge in [-0.2, -0.15) is 0 Å². The molecule has 16 heavy (non-hydrogen) atoms. The molecular weight excluding hydrogens is 200 g/mol. The van der Waals surface area contributed by atoms with Crippen LogP contribution in [-0.2, 0) is 9.59 Å². The van der Waals surface area contributed by atoms with Gasteiger partial charge in [-0.1, -0.05) is 30.3 Å². The van der Waals surface area contributed by atoms with Crippen molar-refractivity contribution in [1.82, 2.24) is 0 Å². The molecule has 0 spiro atoms. The van der Waals surface area contributed by atoms with Crippen LogP contribution in [0.1, 0.15) is 24.8 Å². The van der Waals surface area contributed by atoms with Crippen molar-refractivity contribution < 1.29 is 9.59 Å². The van der Waals surface area contributed by atoms with Crippen LogP contribution in [0.2, 0.25) is 0 Å². The zero-order chi connectivity index (χ0) is 11.4. The van der Waals surface area contributed by atoms with E-state index in [4.69, 9.17) is 0 Å². The smallest absolute Gasteiger partial charge is 0.169 e. The van der Waals surface area contributed by atoms with Gasteiger partial charge in [-0.3, -0.25) is 4.79 Å². The lowest BCUT2D eigenvalue weighted by Crippen LogP contribution is -2.22. The highest BCUT2D eigenvalue weighted by molar-refractivity contribution is 6.08. The fourth-order valence-electron chi connectivity index (χ4n) is 2.03. The Morgan fingerprint density at radius 1 is 1.19 bits per heavy atom. The normalized spacial score (nSPS) is 23.4. The van der Waals surface area contributed by atoms with E-state index >= 15 is 0 Å². The molecule has 2 rings (SSSR count). The molecule has 1 atom stereocenters. The van der Waals surface area contributed by atoms with Crippen molar-refractivity contribution in [3.05, 3.63) is 41.5 Å². The minimum atomic E-state index is -0.413. The summed E-state index contributed by atoms with van der Waals surface area (Å²) in [6, 6.07) is 9.75. The van der Waals surface area contributed by atoms with Crippen LogP contribution in [0.4, 0.5) is 0 Å². The number of aldehydes is 1. The SMILES string of the molecule is O=CC1CCC/C(=C\c2ccccc2)C1=O. The summed E-state index contributed by atoms with van der Waals surface area (Å²) >= 11 is 0. The zero-order valence-corrected chi connectivity index (χ0v) is 9.06. The molecule has 1 aromatic carbocycles. The zero-order valence-electron chi connectivity index (χ0n) is 9.06. The Balaban J connectivity index is 2.23. The van der Waals surface area contributed by atoms with Gasteiger partial charge in [0.1, 0.15) is 6.29 Å². The Morgan fingerprint density at radius 2 is 1.94 bits per heavy atom. The lowest BCUT2D eigenvalue weighted by molar-refractivity contribution is -0.125. The fraction of sp³-hybridized carbons (Fsp3) is 0.286. The van der Waals surface area contributed by atoms with E-state index in [-0.39, 0.29) is 5.78 Å². The number of benzene rings is 1. The van der Waals surface area contributed by atoms with Crippen LogP contribution < -0.4 is 0 Å². The number of carbonyl (C=O) groups excluding carboxylic acids is 2. The second-order valence-electron chi connectivity index (χ2n) is 4.08. The minimum Gasteiger partial charge on any atom is -0.303 e. The summed E-state index contributed by atoms with van der Waals surface area (Å²) in [6.07, 6.45) is 5.10. The van der Waals surface area contributed by atoms with E-state index in [0.717, 1.165) is 30.3 Å². The predicted molar refractivity (Wildman–Crippen MR) is 62.8 cm³/mol. The minimum absolute atomic E-state index is 0.00473. The third kappa shape index (κ3) is 2.27. The van der Waals surface area contributed by atoms with Gasteiger partial charge in [0.25, 0.3) is 0 Å². The Bertz CT molecular complexity index is 418. The second kappa shape index (κ2) is 4.88. The number of Topliss-reactive ketones (excluding diaryl/α,β-unsaturated/α-hetero) is 1. The highest BCUT2D eigenvalue weighted by atomic mass is 16.1. The molecule has 0 aromatic heterocycles. The van der Waals surface area contributed by atoms with Crippen molar-refractivity contribution >= 4 is 18.1 Å². The Labute approximate surface area is 95.0 Å². The van der Waals surface area contributed by atoms with Crippen LogP contribution in [0.5, 0.6) is 0 Å². The van der Waals surface area contributed by atoms with Gasteiger partial charge in [-0.25, -0.2) is 0 Å². The summed E-state index contributed by atoms with van der Waals surface area (Å²) in [4.78, 5) is 22.6. The van der Waals surface area contributed by atoms with Crippen LogP contribution in [0.15, 0.2) is 35.9 Å². The molecule has 1 aliphatic carbocycles. The van der Waals surface area contributed by atoms with Gasteiger partial charge in [-0.05, 0) is 36.5 Å². The molecule has 0 heterocycles. The molecular formula is C14H14O2. The standard InChI is InChI=1S/C14H14O2/c15-10-13-8-4-7-12(14(13)16)9-11-5-2-1-3-6-11/h1-3,5-6,9-10,13H,4,7-8H2/b12-9+. The van der Waals surface area contributed by atoms with Gasteiger partial charge >= 0.3 is 0 Å². The second-order valence-corrected chi connectivity index (χ2v) is 4.08. The Kier molecular flexibility index (Phi) is 3.30. The Morgan fingerprint density at radius 3 is 2.62 bits per heavy atom. The lowest BCUT2D eigenvalue weighted by Gasteiger charge is -2.18. The fourth-order valence-corrected chi connectivity index (χ4v) is 2.03. The number of allylic oxidation sites excluding steroid dienone is 1. The largest absolute Gasteiger partial charge is 0.303 e. The first-order chi connectivity index (χ1) is 7.81. The van der Waals surface area contributed by atoms with E-state index in [1.165, 1.54) is 0 Å². The first-order valence-corrected chi connectivity index (χ1v) is 5.56. The van der Waals surface area contributed by atoms with E-state index < -0.39 is 5.92 Å². The molecule has 0 amide bonds. The topological polar surface area (TPSA) is 34.1 Å². The maximum Gasteiger partial charge on any atom is 0.169 e. The van der Waals surface area contributed by atoms with Crippen LogP contribution in [-0.4, -0.2) is 12.1 Å².